The molecule has 3 aliphatic heterocycles. The van der Waals surface area contributed by atoms with E-state index in [1.54, 1.807) is 0 Å². The van der Waals surface area contributed by atoms with Crippen LogP contribution in [0.25, 0.3) is 0 Å². The zero-order valence-corrected chi connectivity index (χ0v) is 15.9. The molecule has 1 N–H and O–H groups in total. The van der Waals surface area contributed by atoms with Crippen molar-refractivity contribution in [1.82, 2.24) is 4.90 Å². The average Bonchev–Trinajstić information content (AvgIpc) is 2.90. The van der Waals surface area contributed by atoms with Gasteiger partial charge in [0.1, 0.15) is 5.60 Å². The third-order valence-electron chi connectivity index (χ3n) is 6.11. The van der Waals surface area contributed by atoms with Gasteiger partial charge in [-0.1, -0.05) is 43.7 Å². The third-order valence-corrected chi connectivity index (χ3v) is 7.40. The number of benzene rings is 1. The molecule has 1 aromatic carbocycles. The van der Waals surface area contributed by atoms with E-state index >= 15 is 0 Å². The van der Waals surface area contributed by atoms with Gasteiger partial charge in [-0.05, 0) is 49.4 Å². The second-order valence-corrected chi connectivity index (χ2v) is 8.86. The summed E-state index contributed by atoms with van der Waals surface area (Å²) in [6.45, 7) is 4.53. The predicted molar refractivity (Wildman–Crippen MR) is 104 cm³/mol. The van der Waals surface area contributed by atoms with Crippen molar-refractivity contribution in [1.29, 1.82) is 0 Å². The van der Waals surface area contributed by atoms with E-state index in [1.165, 1.54) is 36.9 Å². The number of thioether (sulfide) groups is 1. The topological polar surface area (TPSA) is 32.7 Å². The van der Waals surface area contributed by atoms with Gasteiger partial charge >= 0.3 is 0 Å². The van der Waals surface area contributed by atoms with Gasteiger partial charge in [0, 0.05) is 23.6 Å². The summed E-state index contributed by atoms with van der Waals surface area (Å²) in [5, 5.41) is 10.8. The normalized spacial score (nSPS) is 35.6. The van der Waals surface area contributed by atoms with Crippen LogP contribution in [0.15, 0.2) is 42.0 Å². The Hall–Kier alpha value is -0.810. The van der Waals surface area contributed by atoms with Crippen LogP contribution in [0.2, 0.25) is 0 Å². The number of ether oxygens (including phenoxy) is 1. The molecule has 1 aromatic rings. The highest BCUT2D eigenvalue weighted by molar-refractivity contribution is 7.99. The SMILES string of the molecule is CC[C@]12OC(O)C=C1CC(SCc1ccccc1)CN1CCCC[C@@H]12. The van der Waals surface area contributed by atoms with Crippen molar-refractivity contribution in [2.45, 2.75) is 68.0 Å². The molecule has 25 heavy (non-hydrogen) atoms. The predicted octanol–water partition coefficient (Wildman–Crippen LogP) is 3.97. The Balaban J connectivity index is 1.56. The largest absolute Gasteiger partial charge is 0.365 e. The quantitative estimate of drug-likeness (QED) is 0.825. The molecule has 4 heteroatoms. The number of rotatable bonds is 4. The summed E-state index contributed by atoms with van der Waals surface area (Å²) in [4.78, 5) is 2.66. The number of piperidine rings is 1. The molecule has 0 amide bonds. The first-order chi connectivity index (χ1) is 12.2. The minimum absolute atomic E-state index is 0.262. The Bertz CT molecular complexity index is 620. The summed E-state index contributed by atoms with van der Waals surface area (Å²) in [6.07, 6.45) is 7.01. The highest BCUT2D eigenvalue weighted by Gasteiger charge is 2.52. The lowest BCUT2D eigenvalue weighted by atomic mass is 9.79. The number of nitrogens with zero attached hydrogens (tertiary/aromatic N) is 1. The molecule has 3 heterocycles. The molecular formula is C21H29NO2S. The number of aliphatic hydroxyl groups is 1. The van der Waals surface area contributed by atoms with Crippen LogP contribution in [0.3, 0.4) is 0 Å². The second-order valence-electron chi connectivity index (χ2n) is 7.57. The van der Waals surface area contributed by atoms with Crippen LogP contribution in [0, 0.1) is 0 Å². The maximum Gasteiger partial charge on any atom is 0.175 e. The van der Waals surface area contributed by atoms with Crippen LogP contribution >= 0.6 is 11.8 Å². The molecule has 3 nitrogen and oxygen atoms in total. The number of aliphatic hydroxyl groups excluding tert-OH is 1. The highest BCUT2D eigenvalue weighted by Crippen LogP contribution is 2.47. The summed E-state index contributed by atoms with van der Waals surface area (Å²) < 4.78 is 6.17. The summed E-state index contributed by atoms with van der Waals surface area (Å²) in [7, 11) is 0. The number of fused-ring (bicyclic) bond motifs is 3. The molecule has 2 unspecified atom stereocenters. The second kappa shape index (κ2) is 7.43. The summed E-state index contributed by atoms with van der Waals surface area (Å²) >= 11 is 2.06. The van der Waals surface area contributed by atoms with Crippen molar-refractivity contribution in [2.24, 2.45) is 0 Å². The van der Waals surface area contributed by atoms with Crippen molar-refractivity contribution in [3.8, 4) is 0 Å². The van der Waals surface area contributed by atoms with Crippen molar-refractivity contribution < 1.29 is 9.84 Å². The van der Waals surface area contributed by atoms with E-state index in [0.717, 1.165) is 25.1 Å². The van der Waals surface area contributed by atoms with Crippen molar-refractivity contribution >= 4 is 11.8 Å². The van der Waals surface area contributed by atoms with Crippen LogP contribution in [0.1, 0.15) is 44.6 Å². The minimum Gasteiger partial charge on any atom is -0.365 e. The average molecular weight is 360 g/mol. The Morgan fingerprint density at radius 1 is 1.28 bits per heavy atom. The molecule has 0 radical (unpaired) electrons. The van der Waals surface area contributed by atoms with Crippen LogP contribution in [0.4, 0.5) is 0 Å². The minimum atomic E-state index is -0.725. The van der Waals surface area contributed by atoms with E-state index in [-0.39, 0.29) is 5.60 Å². The van der Waals surface area contributed by atoms with Crippen molar-refractivity contribution in [3.05, 3.63) is 47.5 Å². The van der Waals surface area contributed by atoms with E-state index in [0.29, 0.717) is 11.3 Å². The van der Waals surface area contributed by atoms with E-state index in [1.807, 2.05) is 6.08 Å². The van der Waals surface area contributed by atoms with Gasteiger partial charge < -0.3 is 9.84 Å². The zero-order valence-electron chi connectivity index (χ0n) is 15.1. The van der Waals surface area contributed by atoms with Gasteiger partial charge in [0.2, 0.25) is 0 Å². The summed E-state index contributed by atoms with van der Waals surface area (Å²) in [5.41, 5.74) is 2.48. The van der Waals surface area contributed by atoms with Gasteiger partial charge in [-0.2, -0.15) is 11.8 Å². The molecular weight excluding hydrogens is 330 g/mol. The van der Waals surface area contributed by atoms with E-state index in [2.05, 4.69) is 53.9 Å². The third kappa shape index (κ3) is 3.42. The Morgan fingerprint density at radius 3 is 2.92 bits per heavy atom. The Morgan fingerprint density at radius 2 is 2.12 bits per heavy atom. The lowest BCUT2D eigenvalue weighted by Gasteiger charge is -2.45. The molecule has 4 atom stereocenters. The van der Waals surface area contributed by atoms with Crippen LogP contribution < -0.4 is 0 Å². The van der Waals surface area contributed by atoms with Crippen LogP contribution in [-0.4, -0.2) is 46.3 Å². The molecule has 0 spiro atoms. The maximum absolute atomic E-state index is 10.2. The summed E-state index contributed by atoms with van der Waals surface area (Å²) in [5.74, 6) is 1.06. The Kier molecular flexibility index (Phi) is 5.23. The summed E-state index contributed by atoms with van der Waals surface area (Å²) in [6, 6.07) is 11.2. The van der Waals surface area contributed by atoms with Crippen LogP contribution in [-0.2, 0) is 10.5 Å². The fraction of sp³-hybridized carbons (Fsp3) is 0.619. The van der Waals surface area contributed by atoms with Crippen molar-refractivity contribution in [2.75, 3.05) is 13.1 Å². The fourth-order valence-corrected chi connectivity index (χ4v) is 6.14. The van der Waals surface area contributed by atoms with Gasteiger partial charge in [-0.15, -0.1) is 0 Å². The monoisotopic (exact) mass is 359 g/mol. The molecule has 0 aliphatic carbocycles. The first-order valence-electron chi connectivity index (χ1n) is 9.68. The Labute approximate surface area is 155 Å². The van der Waals surface area contributed by atoms with Gasteiger partial charge in [-0.25, -0.2) is 0 Å². The molecule has 0 aromatic heterocycles. The van der Waals surface area contributed by atoms with E-state index in [9.17, 15) is 5.11 Å². The molecule has 136 valence electrons. The van der Waals surface area contributed by atoms with E-state index < -0.39 is 6.29 Å². The molecule has 0 bridgehead atoms. The first kappa shape index (κ1) is 17.6. The van der Waals surface area contributed by atoms with Crippen molar-refractivity contribution in [3.63, 3.8) is 0 Å². The zero-order chi connectivity index (χ0) is 17.3. The fourth-order valence-electron chi connectivity index (χ4n) is 4.93. The lowest BCUT2D eigenvalue weighted by molar-refractivity contribution is -0.158. The molecule has 2 saturated heterocycles. The maximum atomic E-state index is 10.2. The van der Waals surface area contributed by atoms with Gasteiger partial charge in [-0.3, -0.25) is 4.90 Å². The lowest BCUT2D eigenvalue weighted by Crippen LogP contribution is -2.55. The van der Waals surface area contributed by atoms with E-state index in [4.69, 9.17) is 4.74 Å². The molecule has 0 saturated carbocycles. The first-order valence-corrected chi connectivity index (χ1v) is 10.7. The van der Waals surface area contributed by atoms with Gasteiger partial charge in [0.15, 0.2) is 6.29 Å². The highest BCUT2D eigenvalue weighted by atomic mass is 32.2. The number of hydrogen-bond acceptors (Lipinski definition) is 4. The standard InChI is InChI=1S/C21H29NO2S/c1-2-21-17(13-20(23)24-21)12-18(14-22-11-7-6-10-19(21)22)25-15-16-8-4-3-5-9-16/h3-5,8-9,13,18-20,23H,2,6-7,10-12,14-15H2,1H3/t18?,19-,20?,21+/m1/s1. The van der Waals surface area contributed by atoms with Crippen LogP contribution in [0.5, 0.6) is 0 Å². The molecule has 3 aliphatic rings. The molecule has 2 fully saturated rings. The van der Waals surface area contributed by atoms with Gasteiger partial charge in [0.25, 0.3) is 0 Å². The van der Waals surface area contributed by atoms with Gasteiger partial charge in [0.05, 0.1) is 0 Å². The smallest absolute Gasteiger partial charge is 0.175 e. The number of hydrogen-bond donors (Lipinski definition) is 1. The molecule has 4 rings (SSSR count).